The topological polar surface area (TPSA) is 38.0 Å². The Bertz CT molecular complexity index is 513. The van der Waals surface area contributed by atoms with Crippen LogP contribution in [0, 0.1) is 5.41 Å². The minimum atomic E-state index is 0.0940. The molecule has 0 saturated heterocycles. The van der Waals surface area contributed by atoms with Crippen LogP contribution >= 0.6 is 0 Å². The van der Waals surface area contributed by atoms with Gasteiger partial charge in [0.15, 0.2) is 0 Å². The van der Waals surface area contributed by atoms with E-state index in [9.17, 15) is 0 Å². The highest BCUT2D eigenvalue weighted by molar-refractivity contribution is 5.46. The third-order valence-corrected chi connectivity index (χ3v) is 6.78. The molecule has 1 aromatic carbocycles. The van der Waals surface area contributed by atoms with Crippen LogP contribution in [0.15, 0.2) is 24.3 Å². The maximum absolute atomic E-state index is 6.41. The van der Waals surface area contributed by atoms with Gasteiger partial charge in [0.05, 0.1) is 0 Å². The molecule has 2 fully saturated rings. The highest BCUT2D eigenvalue weighted by Gasteiger charge is 2.30. The van der Waals surface area contributed by atoms with Crippen LogP contribution in [-0.4, -0.2) is 11.6 Å². The smallest absolute Gasteiger partial charge is 0.0342 e. The first-order valence-corrected chi connectivity index (χ1v) is 10.0. The summed E-state index contributed by atoms with van der Waals surface area (Å²) < 4.78 is 0. The number of anilines is 1. The van der Waals surface area contributed by atoms with Crippen molar-refractivity contribution in [1.82, 2.24) is 0 Å². The van der Waals surface area contributed by atoms with E-state index >= 15 is 0 Å². The predicted molar refractivity (Wildman–Crippen MR) is 105 cm³/mol. The standard InChI is InChI=1S/C22H36N2/c1-4-22(23)15-11-20(12-16-22)24-19-7-5-17(6-8-19)18-9-13-21(2,3)14-10-18/h5-8,18,20,24H,4,9-16,23H2,1-3H3. The molecule has 2 nitrogen and oxygen atoms in total. The fourth-order valence-corrected chi connectivity index (χ4v) is 4.51. The summed E-state index contributed by atoms with van der Waals surface area (Å²) in [5, 5.41) is 3.73. The van der Waals surface area contributed by atoms with Crippen LogP contribution in [0.3, 0.4) is 0 Å². The molecule has 0 amide bonds. The molecule has 24 heavy (non-hydrogen) atoms. The molecule has 3 rings (SSSR count). The number of nitrogens with one attached hydrogen (secondary N) is 1. The molecular weight excluding hydrogens is 292 g/mol. The van der Waals surface area contributed by atoms with Crippen molar-refractivity contribution >= 4 is 5.69 Å². The molecule has 0 unspecified atom stereocenters. The van der Waals surface area contributed by atoms with Crippen LogP contribution in [-0.2, 0) is 0 Å². The fourth-order valence-electron chi connectivity index (χ4n) is 4.51. The van der Waals surface area contributed by atoms with Gasteiger partial charge in [-0.25, -0.2) is 0 Å². The lowest BCUT2D eigenvalue weighted by Gasteiger charge is -2.37. The second kappa shape index (κ2) is 7.07. The third kappa shape index (κ3) is 4.33. The van der Waals surface area contributed by atoms with Gasteiger partial charge in [-0.2, -0.15) is 0 Å². The van der Waals surface area contributed by atoms with E-state index in [0.29, 0.717) is 11.5 Å². The number of rotatable bonds is 4. The molecule has 2 heteroatoms. The number of hydrogen-bond donors (Lipinski definition) is 2. The normalized spacial score (nSPS) is 30.9. The minimum Gasteiger partial charge on any atom is -0.382 e. The maximum Gasteiger partial charge on any atom is 0.0342 e. The molecule has 134 valence electrons. The summed E-state index contributed by atoms with van der Waals surface area (Å²) in [6.07, 6.45) is 11.2. The average molecular weight is 329 g/mol. The van der Waals surface area contributed by atoms with Crippen LogP contribution in [0.25, 0.3) is 0 Å². The van der Waals surface area contributed by atoms with E-state index in [2.05, 4.69) is 50.4 Å². The first-order chi connectivity index (χ1) is 11.4. The lowest BCUT2D eigenvalue weighted by atomic mass is 9.71. The van der Waals surface area contributed by atoms with Crippen LogP contribution in [0.5, 0.6) is 0 Å². The molecule has 0 heterocycles. The summed E-state index contributed by atoms with van der Waals surface area (Å²) in [4.78, 5) is 0. The van der Waals surface area contributed by atoms with Gasteiger partial charge in [0.25, 0.3) is 0 Å². The van der Waals surface area contributed by atoms with Gasteiger partial charge < -0.3 is 11.1 Å². The zero-order valence-electron chi connectivity index (χ0n) is 15.9. The zero-order valence-corrected chi connectivity index (χ0v) is 15.9. The Morgan fingerprint density at radius 3 is 2.08 bits per heavy atom. The fraction of sp³-hybridized carbons (Fsp3) is 0.727. The Morgan fingerprint density at radius 1 is 0.958 bits per heavy atom. The van der Waals surface area contributed by atoms with E-state index in [-0.39, 0.29) is 5.54 Å². The van der Waals surface area contributed by atoms with Crippen molar-refractivity contribution in [2.75, 3.05) is 5.32 Å². The Morgan fingerprint density at radius 2 is 1.54 bits per heavy atom. The van der Waals surface area contributed by atoms with Gasteiger partial charge in [-0.3, -0.25) is 0 Å². The van der Waals surface area contributed by atoms with Gasteiger partial charge in [0, 0.05) is 17.3 Å². The Hall–Kier alpha value is -1.02. The summed E-state index contributed by atoms with van der Waals surface area (Å²) in [6, 6.07) is 9.88. The second-order valence-electron chi connectivity index (χ2n) is 9.20. The first kappa shape index (κ1) is 17.8. The monoisotopic (exact) mass is 328 g/mol. The highest BCUT2D eigenvalue weighted by Crippen LogP contribution is 2.42. The summed E-state index contributed by atoms with van der Waals surface area (Å²) in [6.45, 7) is 7.04. The maximum atomic E-state index is 6.41. The van der Waals surface area contributed by atoms with E-state index < -0.39 is 0 Å². The molecule has 0 bridgehead atoms. The van der Waals surface area contributed by atoms with Gasteiger partial charge in [0.2, 0.25) is 0 Å². The minimum absolute atomic E-state index is 0.0940. The summed E-state index contributed by atoms with van der Waals surface area (Å²) in [5.74, 6) is 0.768. The molecular formula is C22H36N2. The zero-order chi connectivity index (χ0) is 17.2. The van der Waals surface area contributed by atoms with Gasteiger partial charge in [-0.15, -0.1) is 0 Å². The van der Waals surface area contributed by atoms with E-state index in [4.69, 9.17) is 5.73 Å². The lowest BCUT2D eigenvalue weighted by molar-refractivity contribution is 0.224. The summed E-state index contributed by atoms with van der Waals surface area (Å²) in [7, 11) is 0. The van der Waals surface area contributed by atoms with Crippen LogP contribution in [0.1, 0.15) is 90.0 Å². The third-order valence-electron chi connectivity index (χ3n) is 6.78. The van der Waals surface area contributed by atoms with Crippen LogP contribution in [0.2, 0.25) is 0 Å². The summed E-state index contributed by atoms with van der Waals surface area (Å²) in [5.41, 5.74) is 9.87. The molecule has 1 aromatic rings. The molecule has 2 aliphatic rings. The highest BCUT2D eigenvalue weighted by atomic mass is 14.9. The van der Waals surface area contributed by atoms with Crippen LogP contribution in [0.4, 0.5) is 5.69 Å². The SMILES string of the molecule is CCC1(N)CCC(Nc2ccc(C3CCC(C)(C)CC3)cc2)CC1. The molecule has 0 spiro atoms. The van der Waals surface area contributed by atoms with Gasteiger partial charge in [0.1, 0.15) is 0 Å². The molecule has 0 radical (unpaired) electrons. The van der Waals surface area contributed by atoms with Crippen molar-refractivity contribution < 1.29 is 0 Å². The van der Waals surface area contributed by atoms with E-state index in [0.717, 1.165) is 25.2 Å². The Balaban J connectivity index is 1.52. The van der Waals surface area contributed by atoms with Crippen molar-refractivity contribution in [2.45, 2.75) is 96.1 Å². The predicted octanol–water partition coefficient (Wildman–Crippen LogP) is 5.83. The van der Waals surface area contributed by atoms with E-state index in [1.165, 1.54) is 49.8 Å². The average Bonchev–Trinajstić information content (AvgIpc) is 2.58. The van der Waals surface area contributed by atoms with Crippen molar-refractivity contribution in [2.24, 2.45) is 11.1 Å². The van der Waals surface area contributed by atoms with Crippen molar-refractivity contribution in [1.29, 1.82) is 0 Å². The quantitative estimate of drug-likeness (QED) is 0.729. The lowest BCUT2D eigenvalue weighted by Crippen LogP contribution is -2.45. The largest absolute Gasteiger partial charge is 0.382 e. The van der Waals surface area contributed by atoms with Gasteiger partial charge in [-0.1, -0.05) is 32.9 Å². The number of nitrogens with two attached hydrogens (primary N) is 1. The van der Waals surface area contributed by atoms with Crippen LogP contribution < -0.4 is 11.1 Å². The van der Waals surface area contributed by atoms with Crippen molar-refractivity contribution in [3.05, 3.63) is 29.8 Å². The number of benzene rings is 1. The molecule has 2 aliphatic carbocycles. The molecule has 0 atom stereocenters. The summed E-state index contributed by atoms with van der Waals surface area (Å²) >= 11 is 0. The first-order valence-electron chi connectivity index (χ1n) is 10.0. The molecule has 0 aromatic heterocycles. The van der Waals surface area contributed by atoms with Crippen molar-refractivity contribution in [3.8, 4) is 0 Å². The van der Waals surface area contributed by atoms with Gasteiger partial charge in [-0.05, 0) is 86.8 Å². The van der Waals surface area contributed by atoms with E-state index in [1.54, 1.807) is 0 Å². The molecule has 2 saturated carbocycles. The second-order valence-corrected chi connectivity index (χ2v) is 9.20. The van der Waals surface area contributed by atoms with Gasteiger partial charge >= 0.3 is 0 Å². The Kier molecular flexibility index (Phi) is 5.24. The molecule has 0 aliphatic heterocycles. The number of hydrogen-bond acceptors (Lipinski definition) is 2. The molecule has 3 N–H and O–H groups in total. The van der Waals surface area contributed by atoms with E-state index in [1.807, 2.05) is 0 Å². The Labute approximate surface area is 148 Å². The van der Waals surface area contributed by atoms with Crippen molar-refractivity contribution in [3.63, 3.8) is 0 Å².